The van der Waals surface area contributed by atoms with Gasteiger partial charge in [0.05, 0.1) is 15.2 Å². The second kappa shape index (κ2) is 10.3. The standard InChI is InChI=1S/C30H28Br2ClN2OP/c1-5-35-27-13-9-6-10-22(27)23-19-21(15-16-28(23)35)37(30(2,3)4,34-26-12-8-7-11-25(26)33)36-29-17-14-20(31)18-24(29)32/h6-19H,5H2,1-4H3/t37-/m0/s1. The molecule has 1 aromatic heterocycles. The molecule has 5 rings (SSSR count). The van der Waals surface area contributed by atoms with Gasteiger partial charge in [-0.05, 0) is 77.5 Å². The molecule has 0 saturated carbocycles. The van der Waals surface area contributed by atoms with Gasteiger partial charge in [0.15, 0.2) is 7.28 Å². The number of halogens is 3. The summed E-state index contributed by atoms with van der Waals surface area (Å²) in [6.07, 6.45) is 0. The van der Waals surface area contributed by atoms with Gasteiger partial charge in [-0.15, -0.1) is 0 Å². The quantitative estimate of drug-likeness (QED) is 0.173. The monoisotopic (exact) mass is 656 g/mol. The van der Waals surface area contributed by atoms with Crippen molar-refractivity contribution in [1.82, 2.24) is 4.57 Å². The number of aromatic nitrogens is 1. The Morgan fingerprint density at radius 3 is 2.27 bits per heavy atom. The molecule has 0 bridgehead atoms. The lowest BCUT2D eigenvalue weighted by Crippen LogP contribution is -2.27. The molecule has 0 aliphatic heterocycles. The van der Waals surface area contributed by atoms with Crippen molar-refractivity contribution in [2.75, 3.05) is 0 Å². The molecule has 0 aliphatic rings. The average Bonchev–Trinajstić information content (AvgIpc) is 3.18. The molecular formula is C30H28Br2ClN2OP. The van der Waals surface area contributed by atoms with Gasteiger partial charge < -0.3 is 9.09 Å². The highest BCUT2D eigenvalue weighted by Gasteiger charge is 2.40. The van der Waals surface area contributed by atoms with Crippen molar-refractivity contribution >= 4 is 83.5 Å². The maximum absolute atomic E-state index is 7.10. The van der Waals surface area contributed by atoms with E-state index in [1.54, 1.807) is 0 Å². The number of para-hydroxylation sites is 1. The van der Waals surface area contributed by atoms with E-state index in [0.717, 1.165) is 32.2 Å². The number of benzene rings is 4. The van der Waals surface area contributed by atoms with Crippen LogP contribution in [-0.4, -0.2) is 9.72 Å². The Morgan fingerprint density at radius 1 is 0.865 bits per heavy atom. The summed E-state index contributed by atoms with van der Waals surface area (Å²) in [5.41, 5.74) is 3.18. The fourth-order valence-electron chi connectivity index (χ4n) is 4.75. The highest BCUT2D eigenvalue weighted by molar-refractivity contribution is 9.11. The molecule has 4 aromatic carbocycles. The van der Waals surface area contributed by atoms with Gasteiger partial charge in [-0.25, -0.2) is 4.74 Å². The molecular weight excluding hydrogens is 631 g/mol. The van der Waals surface area contributed by atoms with E-state index in [1.807, 2.05) is 42.5 Å². The van der Waals surface area contributed by atoms with Crippen LogP contribution in [0.4, 0.5) is 5.69 Å². The van der Waals surface area contributed by atoms with E-state index in [0.29, 0.717) is 5.02 Å². The van der Waals surface area contributed by atoms with Crippen LogP contribution in [0.2, 0.25) is 5.02 Å². The van der Waals surface area contributed by atoms with Crippen LogP contribution in [0.3, 0.4) is 0 Å². The molecule has 0 aliphatic carbocycles. The van der Waals surface area contributed by atoms with E-state index in [4.69, 9.17) is 20.9 Å². The zero-order chi connectivity index (χ0) is 26.4. The molecule has 1 atom stereocenters. The maximum Gasteiger partial charge on any atom is 0.173 e. The predicted octanol–water partition coefficient (Wildman–Crippen LogP) is 10.9. The van der Waals surface area contributed by atoms with Crippen LogP contribution in [0, 0.1) is 0 Å². The molecule has 1 heterocycles. The highest BCUT2D eigenvalue weighted by atomic mass is 79.9. The summed E-state index contributed by atoms with van der Waals surface area (Å²) in [7, 11) is -2.74. The van der Waals surface area contributed by atoms with Gasteiger partial charge in [-0.1, -0.05) is 78.6 Å². The van der Waals surface area contributed by atoms with Gasteiger partial charge in [0.1, 0.15) is 5.75 Å². The summed E-state index contributed by atoms with van der Waals surface area (Å²) >= 11 is 13.9. The van der Waals surface area contributed by atoms with E-state index in [-0.39, 0.29) is 5.16 Å². The molecule has 0 radical (unpaired) electrons. The fourth-order valence-corrected chi connectivity index (χ4v) is 9.35. The number of fused-ring (bicyclic) bond motifs is 3. The number of hydrogen-bond donors (Lipinski definition) is 0. The van der Waals surface area contributed by atoms with E-state index in [9.17, 15) is 0 Å². The normalized spacial score (nSPS) is 13.6. The molecule has 3 nitrogen and oxygen atoms in total. The van der Waals surface area contributed by atoms with E-state index in [1.165, 1.54) is 21.8 Å². The average molecular weight is 659 g/mol. The Bertz CT molecular complexity index is 1690. The molecule has 0 N–H and O–H groups in total. The zero-order valence-corrected chi connectivity index (χ0v) is 26.0. The molecule has 0 spiro atoms. The minimum absolute atomic E-state index is 0.338. The third kappa shape index (κ3) is 4.81. The van der Waals surface area contributed by atoms with Crippen LogP contribution < -0.4 is 9.83 Å². The second-order valence-electron chi connectivity index (χ2n) is 9.93. The van der Waals surface area contributed by atoms with Gasteiger partial charge in [0.25, 0.3) is 0 Å². The Kier molecular flexibility index (Phi) is 7.37. The lowest BCUT2D eigenvalue weighted by Gasteiger charge is -2.37. The molecule has 190 valence electrons. The van der Waals surface area contributed by atoms with Crippen LogP contribution in [0.5, 0.6) is 5.75 Å². The van der Waals surface area contributed by atoms with Crippen molar-refractivity contribution in [3.63, 3.8) is 0 Å². The van der Waals surface area contributed by atoms with Gasteiger partial charge >= 0.3 is 0 Å². The smallest absolute Gasteiger partial charge is 0.173 e. The summed E-state index contributed by atoms with van der Waals surface area (Å²) in [6.45, 7) is 9.69. The number of rotatable bonds is 5. The lowest BCUT2D eigenvalue weighted by atomic mass is 10.1. The Balaban J connectivity index is 1.87. The van der Waals surface area contributed by atoms with Crippen LogP contribution in [-0.2, 0) is 6.54 Å². The van der Waals surface area contributed by atoms with Crippen LogP contribution in [0.15, 0.2) is 98.6 Å². The topological polar surface area (TPSA) is 26.5 Å². The summed E-state index contributed by atoms with van der Waals surface area (Å²) in [6, 6.07) is 29.0. The van der Waals surface area contributed by atoms with Gasteiger partial charge in [0, 0.05) is 43.3 Å². The summed E-state index contributed by atoms with van der Waals surface area (Å²) in [4.78, 5) is 0. The van der Waals surface area contributed by atoms with Crippen molar-refractivity contribution < 1.29 is 4.52 Å². The Labute approximate surface area is 240 Å². The van der Waals surface area contributed by atoms with Crippen molar-refractivity contribution in [2.24, 2.45) is 4.74 Å². The molecule has 5 aromatic rings. The molecule has 37 heavy (non-hydrogen) atoms. The van der Waals surface area contributed by atoms with Crippen molar-refractivity contribution in [1.29, 1.82) is 0 Å². The van der Waals surface area contributed by atoms with Crippen molar-refractivity contribution in [2.45, 2.75) is 39.4 Å². The first-order valence-electron chi connectivity index (χ1n) is 12.2. The van der Waals surface area contributed by atoms with E-state index >= 15 is 0 Å². The van der Waals surface area contributed by atoms with Gasteiger partial charge in [-0.3, -0.25) is 0 Å². The zero-order valence-electron chi connectivity index (χ0n) is 21.2. The van der Waals surface area contributed by atoms with Gasteiger partial charge in [-0.2, -0.15) is 0 Å². The molecule has 0 saturated heterocycles. The second-order valence-corrected chi connectivity index (χ2v) is 15.5. The minimum Gasteiger partial charge on any atom is -0.454 e. The van der Waals surface area contributed by atoms with Gasteiger partial charge in [0.2, 0.25) is 0 Å². The maximum atomic E-state index is 7.10. The molecule has 0 amide bonds. The fraction of sp³-hybridized carbons (Fsp3) is 0.200. The Morgan fingerprint density at radius 2 is 1.57 bits per heavy atom. The Hall–Kier alpha value is -2.04. The van der Waals surface area contributed by atoms with Crippen molar-refractivity contribution in [3.8, 4) is 5.75 Å². The number of nitrogens with zero attached hydrogens (tertiary/aromatic N) is 2. The number of aryl methyl sites for hydroxylation is 1. The first-order valence-corrected chi connectivity index (χ1v) is 15.8. The predicted molar refractivity (Wildman–Crippen MR) is 167 cm³/mol. The minimum atomic E-state index is -2.74. The summed E-state index contributed by atoms with van der Waals surface area (Å²) in [5.74, 6) is 0.748. The van der Waals surface area contributed by atoms with Crippen LogP contribution in [0.1, 0.15) is 27.7 Å². The first kappa shape index (κ1) is 26.6. The first-order chi connectivity index (χ1) is 17.6. The lowest BCUT2D eigenvalue weighted by molar-refractivity contribution is 0.568. The van der Waals surface area contributed by atoms with Crippen LogP contribution in [0.25, 0.3) is 21.8 Å². The third-order valence-corrected chi connectivity index (χ3v) is 11.7. The third-order valence-electron chi connectivity index (χ3n) is 6.56. The van der Waals surface area contributed by atoms with Crippen molar-refractivity contribution in [3.05, 3.63) is 98.9 Å². The van der Waals surface area contributed by atoms with Crippen LogP contribution >= 0.6 is 50.7 Å². The van der Waals surface area contributed by atoms with E-state index < -0.39 is 7.28 Å². The molecule has 7 heteroatoms. The highest BCUT2D eigenvalue weighted by Crippen LogP contribution is 2.63. The molecule has 0 fully saturated rings. The van der Waals surface area contributed by atoms with E-state index in [2.05, 4.69) is 107 Å². The SMILES string of the molecule is CCn1c2ccccc2c2cc([P@](=Nc3ccccc3Cl)(Oc3ccc(Br)cc3Br)C(C)(C)C)ccc21. The largest absolute Gasteiger partial charge is 0.454 e. The molecule has 0 unspecified atom stereocenters. The summed E-state index contributed by atoms with van der Waals surface area (Å²) < 4.78 is 16.7. The summed E-state index contributed by atoms with van der Waals surface area (Å²) in [5, 5.41) is 3.78. The number of hydrogen-bond acceptors (Lipinski definition) is 2.